The van der Waals surface area contributed by atoms with Crippen LogP contribution >= 0.6 is 33.9 Å². The number of H-pyrrole nitrogens is 1. The summed E-state index contributed by atoms with van der Waals surface area (Å²) < 4.78 is 116. The SMILES string of the molecule is CC(=O)c1ccc2[nH]ccc2c1F.CC(=O)c1ccc2c(c1F)C=CC2c1ccc(F)cc1.CC(=O)c1ccc2c(ccn2[Si](C(C)C)(C(C)C)C(C)C)c1F.CC(C)[Si](C(C)C)(C(C)C)n1ccc2c(F)c(C(=O)O)ccc21.CN[C@H]1CCCC[C@@H]1NC.Fc1ccc(I)cc1.O=C(O)c1ccc2c(ccn2-c2ccc(F)cc2)c1F.O=C(c1nccs1)N1CCN(C2CNC2)CC1. The molecule has 2 aliphatic carbocycles. The van der Waals surface area contributed by atoms with Gasteiger partial charge in [-0.15, -0.1) is 11.3 Å². The fourth-order valence-corrected chi connectivity index (χ4v) is 34.0. The van der Waals surface area contributed by atoms with Crippen molar-refractivity contribution in [2.45, 2.75) is 187 Å². The number of likely N-dealkylation sites (N-methyl/N-ethyl adjacent to an activating group) is 2. The van der Waals surface area contributed by atoms with Crippen LogP contribution in [-0.4, -0.2) is 166 Å². The lowest BCUT2D eigenvalue weighted by Gasteiger charge is -2.44. The van der Waals surface area contributed by atoms with Crippen molar-refractivity contribution in [3.05, 3.63) is 300 Å². The highest BCUT2D eigenvalue weighted by atomic mass is 127. The summed E-state index contributed by atoms with van der Waals surface area (Å²) in [5.74, 6) is -6.83. The zero-order chi connectivity index (χ0) is 98.1. The number of piperazine rings is 1. The number of carbonyl (C=O) groups is 6. The smallest absolute Gasteiger partial charge is 0.338 e. The van der Waals surface area contributed by atoms with Crippen LogP contribution in [0.4, 0.5) is 35.1 Å². The predicted molar refractivity (Wildman–Crippen MR) is 535 cm³/mol. The van der Waals surface area contributed by atoms with E-state index >= 15 is 0 Å². The van der Waals surface area contributed by atoms with E-state index in [-0.39, 0.29) is 85.6 Å². The molecule has 134 heavy (non-hydrogen) atoms. The molecule has 1 saturated carbocycles. The molecule has 4 aliphatic rings. The van der Waals surface area contributed by atoms with E-state index in [0.29, 0.717) is 94.8 Å². The topological polar surface area (TPSA) is 229 Å². The lowest BCUT2D eigenvalue weighted by atomic mass is 9.91. The second-order valence-corrected chi connectivity index (χ2v) is 49.3. The first-order valence-corrected chi connectivity index (χ1v) is 51.5. The first kappa shape index (κ1) is 105. The first-order chi connectivity index (χ1) is 63.7. The van der Waals surface area contributed by atoms with Crippen LogP contribution in [0.3, 0.4) is 0 Å². The summed E-state index contributed by atoms with van der Waals surface area (Å²) in [6.45, 7) is 37.2. The first-order valence-electron chi connectivity index (χ1n) is 45.2. The largest absolute Gasteiger partial charge is 0.478 e. The Morgan fingerprint density at radius 2 is 0.888 bits per heavy atom. The maximum atomic E-state index is 14.7. The number of thiazole rings is 1. The maximum absolute atomic E-state index is 14.7. The number of carboxylic acids is 2. The zero-order valence-corrected chi connectivity index (χ0v) is 83.8. The Morgan fingerprint density at radius 1 is 0.478 bits per heavy atom. The maximum Gasteiger partial charge on any atom is 0.338 e. The van der Waals surface area contributed by atoms with Gasteiger partial charge in [-0.2, -0.15) is 0 Å². The number of benzene rings is 8. The van der Waals surface area contributed by atoms with Gasteiger partial charge in [-0.1, -0.05) is 126 Å². The second-order valence-electron chi connectivity index (χ2n) is 35.8. The molecule has 8 aromatic carbocycles. The third-order valence-electron chi connectivity index (χ3n) is 26.2. The monoisotopic (exact) mass is 2000 g/mol. The van der Waals surface area contributed by atoms with Crippen LogP contribution in [0.5, 0.6) is 0 Å². The number of amides is 1. The molecule has 1 unspecified atom stereocenters. The number of nitrogens with zero attached hydrogens (tertiary/aromatic N) is 6. The van der Waals surface area contributed by atoms with Gasteiger partial charge in [0.15, 0.2) is 38.8 Å². The summed E-state index contributed by atoms with van der Waals surface area (Å²) in [5.41, 5.74) is 8.67. The number of aromatic nitrogens is 5. The van der Waals surface area contributed by atoms with E-state index in [0.717, 1.165) is 65.0 Å². The molecule has 18 nitrogen and oxygen atoms in total. The molecule has 2 aliphatic heterocycles. The van der Waals surface area contributed by atoms with Crippen LogP contribution in [0.25, 0.3) is 55.4 Å². The Hall–Kier alpha value is -10.8. The second kappa shape index (κ2) is 47.1. The molecule has 0 spiro atoms. The molecular formula is C104H121F8IN10O8SSi2. The Labute approximate surface area is 798 Å². The van der Waals surface area contributed by atoms with Crippen LogP contribution in [0, 0.1) is 50.1 Å². The molecule has 17 rings (SSSR count). The van der Waals surface area contributed by atoms with E-state index in [1.54, 1.807) is 102 Å². The van der Waals surface area contributed by atoms with Crippen molar-refractivity contribution in [2.75, 3.05) is 53.4 Å². The van der Waals surface area contributed by atoms with E-state index in [9.17, 15) is 63.9 Å². The van der Waals surface area contributed by atoms with Crippen LogP contribution in [0.1, 0.15) is 214 Å². The normalized spacial score (nSPS) is 15.4. The van der Waals surface area contributed by atoms with Crippen molar-refractivity contribution < 1.29 is 74.1 Å². The molecule has 2 saturated heterocycles. The number of carboxylic acid groups (broad SMARTS) is 2. The number of nitrogens with one attached hydrogen (secondary N) is 4. The van der Waals surface area contributed by atoms with E-state index in [1.165, 1.54) is 131 Å². The quantitative estimate of drug-likeness (QED) is 0.0192. The number of rotatable bonds is 19. The van der Waals surface area contributed by atoms with Crippen molar-refractivity contribution >= 4 is 135 Å². The minimum Gasteiger partial charge on any atom is -0.478 e. The Balaban J connectivity index is 0.000000161. The van der Waals surface area contributed by atoms with Crippen LogP contribution < -0.4 is 16.0 Å². The number of fused-ring (bicyclic) bond motifs is 5. The number of hydrogen-bond donors (Lipinski definition) is 6. The fourth-order valence-electron chi connectivity index (χ4n) is 19.8. The Morgan fingerprint density at radius 3 is 1.31 bits per heavy atom. The number of hydrogen-bond acceptors (Lipinski definition) is 12. The highest BCUT2D eigenvalue weighted by Gasteiger charge is 2.48. The highest BCUT2D eigenvalue weighted by Crippen LogP contribution is 2.47. The van der Waals surface area contributed by atoms with Crippen molar-refractivity contribution in [3.8, 4) is 5.69 Å². The van der Waals surface area contributed by atoms with Gasteiger partial charge in [-0.25, -0.2) is 49.7 Å². The summed E-state index contributed by atoms with van der Waals surface area (Å²) in [4.78, 5) is 79.4. The van der Waals surface area contributed by atoms with E-state index in [2.05, 4.69) is 159 Å². The minimum absolute atomic E-state index is 0.0892. The average molecular weight is 2010 g/mol. The number of halogens is 9. The molecule has 5 aromatic heterocycles. The third kappa shape index (κ3) is 23.6. The van der Waals surface area contributed by atoms with Gasteiger partial charge in [0.05, 0.1) is 33.3 Å². The lowest BCUT2D eigenvalue weighted by molar-refractivity contribution is 0.0501. The number of Topliss-reactive ketones (excluding diaryl/α,β-unsaturated/α-hetero) is 3. The van der Waals surface area contributed by atoms with Crippen LogP contribution in [0.2, 0.25) is 33.2 Å². The Kier molecular flexibility index (Phi) is 37.0. The number of aromatic amines is 1. The molecule has 712 valence electrons. The number of aromatic carboxylic acids is 2. The van der Waals surface area contributed by atoms with Gasteiger partial charge >= 0.3 is 11.9 Å². The van der Waals surface area contributed by atoms with E-state index in [4.69, 9.17) is 10.2 Å². The Bertz CT molecular complexity index is 6060. The van der Waals surface area contributed by atoms with Gasteiger partial charge in [-0.3, -0.25) is 24.1 Å². The average Bonchev–Trinajstić information content (AvgIpc) is 1.54. The summed E-state index contributed by atoms with van der Waals surface area (Å²) in [7, 11) is 0.213. The predicted octanol–water partition coefficient (Wildman–Crippen LogP) is 25.0. The van der Waals surface area contributed by atoms with Gasteiger partial charge in [0.25, 0.3) is 5.91 Å². The van der Waals surface area contributed by atoms with Crippen molar-refractivity contribution in [2.24, 2.45) is 0 Å². The minimum atomic E-state index is -1.98. The molecule has 13 aromatic rings. The van der Waals surface area contributed by atoms with Gasteiger partial charge in [0.2, 0.25) is 0 Å². The highest BCUT2D eigenvalue weighted by molar-refractivity contribution is 14.1. The van der Waals surface area contributed by atoms with Gasteiger partial charge < -0.3 is 49.1 Å². The summed E-state index contributed by atoms with van der Waals surface area (Å²) in [6.07, 6.45) is 18.0. The molecule has 7 heterocycles. The van der Waals surface area contributed by atoms with Gasteiger partial charge in [-0.05, 0) is 267 Å². The number of allylic oxidation sites excluding steroid dienone is 1. The van der Waals surface area contributed by atoms with Crippen LogP contribution in [-0.2, 0) is 0 Å². The number of carbonyl (C=O) groups excluding carboxylic acids is 4. The molecule has 3 atom stereocenters. The number of ketones is 3. The molecule has 6 N–H and O–H groups in total. The van der Waals surface area contributed by atoms with Crippen LogP contribution in [0.15, 0.2) is 200 Å². The third-order valence-corrected chi connectivity index (χ3v) is 41.2. The van der Waals surface area contributed by atoms with Gasteiger partial charge in [0.1, 0.15) is 46.5 Å². The molecule has 30 heteroatoms. The van der Waals surface area contributed by atoms with E-state index in [1.807, 2.05) is 40.9 Å². The summed E-state index contributed by atoms with van der Waals surface area (Å²) >= 11 is 3.55. The van der Waals surface area contributed by atoms with Crippen molar-refractivity contribution in [1.82, 2.24) is 48.8 Å². The van der Waals surface area contributed by atoms with E-state index < -0.39 is 51.7 Å². The fraction of sp³-hybridized carbons (Fsp3) is 0.356. The lowest BCUT2D eigenvalue weighted by Crippen LogP contribution is -2.62. The summed E-state index contributed by atoms with van der Waals surface area (Å²) in [6, 6.07) is 43.0. The molecular weight excluding hydrogens is 1880 g/mol. The molecule has 0 radical (unpaired) electrons. The summed E-state index contributed by atoms with van der Waals surface area (Å²) in [5, 5.41) is 32.1. The molecule has 3 fully saturated rings. The standard InChI is InChI=1S/C19H28FNOSi.C18H26FNO2Si.C17H12F2O.C15H9F2NO2.C11H16N4OS.C10H8FNO.C8H18N2.C6H4FI/c1-12(2)23(13(3)4,14(5)6)21-11-10-17-18(21)9-8-16(15(7)22)19(17)20;1-11(2)23(12(3)4,13(5)6)20-10-9-14-16(20)8-7-15(17(14)19)18(21)22;1-10(20)13-6-8-15-14(7-9-16(15)17(13)19)11-2-4-12(18)5-3-11;16-9-1-3-10(4-2-9)18-8-7-11-13(18)6-5-12(14(11)17)15(19)20;16-11(10-13-1-6-17-10)15-4-2-14(3-5-15)9-7-12-8-9;1-6(13)7-2-3-9-8(10(7)11)4-5-12-9;1-9-7-5-3-4-6-8(7)10-2;7-5-1-3-6(8)4-2-5/h8-14H,1-7H3;7-13H,1-6H3,(H,21,22);2-9,14H,1H3;1-8H,(H,19,20);1,6,9,12H,2-5,7-8H2;2-5,12H,1H3;7-10H,3-6H2,1-2H3;1-4H/t;;;;;;7-,8-;/m......0./s1. The molecule has 0 bridgehead atoms. The van der Waals surface area contributed by atoms with Crippen molar-refractivity contribution in [3.63, 3.8) is 0 Å². The molecule has 1 amide bonds. The zero-order valence-electron chi connectivity index (χ0n) is 78.8. The van der Waals surface area contributed by atoms with Crippen molar-refractivity contribution in [1.29, 1.82) is 0 Å². The van der Waals surface area contributed by atoms with Gasteiger partial charge in [0, 0.05) is 140 Å².